The second-order valence-corrected chi connectivity index (χ2v) is 6.02. The molecule has 1 aromatic carbocycles. The first kappa shape index (κ1) is 13.6. The standard InChI is InChI=1S/C16H21NO3/c1-11-8-9-16(2)17(15(11)19)13(10-18)14(20-16)12-6-4-3-5-7-12/h3-7,11,13-14,18H,8-10H2,1-2H3/t11-,13+,14?,16-/m1/s1. The number of carbonyl (C=O) groups is 1. The molecule has 3 rings (SSSR count). The van der Waals surface area contributed by atoms with Gasteiger partial charge in [0.2, 0.25) is 5.91 Å². The van der Waals surface area contributed by atoms with E-state index >= 15 is 0 Å². The Labute approximate surface area is 119 Å². The minimum absolute atomic E-state index is 0.00949. The number of aliphatic hydroxyl groups is 1. The number of benzene rings is 1. The second kappa shape index (κ2) is 4.86. The van der Waals surface area contributed by atoms with E-state index in [2.05, 4.69) is 0 Å². The maximum absolute atomic E-state index is 12.5. The van der Waals surface area contributed by atoms with Crippen LogP contribution >= 0.6 is 0 Å². The summed E-state index contributed by atoms with van der Waals surface area (Å²) >= 11 is 0. The molecule has 0 bridgehead atoms. The van der Waals surface area contributed by atoms with Gasteiger partial charge in [-0.1, -0.05) is 37.3 Å². The van der Waals surface area contributed by atoms with Crippen LogP contribution in [0.15, 0.2) is 30.3 Å². The summed E-state index contributed by atoms with van der Waals surface area (Å²) in [6.45, 7) is 3.84. The summed E-state index contributed by atoms with van der Waals surface area (Å²) < 4.78 is 6.21. The van der Waals surface area contributed by atoms with Gasteiger partial charge >= 0.3 is 0 Å². The van der Waals surface area contributed by atoms with Gasteiger partial charge < -0.3 is 14.7 Å². The summed E-state index contributed by atoms with van der Waals surface area (Å²) in [7, 11) is 0. The van der Waals surface area contributed by atoms with Crippen molar-refractivity contribution in [2.75, 3.05) is 6.61 Å². The van der Waals surface area contributed by atoms with Crippen LogP contribution in [0.2, 0.25) is 0 Å². The minimum atomic E-state index is -0.586. The molecule has 4 atom stereocenters. The molecule has 1 N–H and O–H groups in total. The number of rotatable bonds is 2. The maximum atomic E-state index is 12.5. The van der Waals surface area contributed by atoms with Crippen LogP contribution < -0.4 is 0 Å². The molecule has 108 valence electrons. The van der Waals surface area contributed by atoms with Crippen molar-refractivity contribution in [3.63, 3.8) is 0 Å². The fourth-order valence-corrected chi connectivity index (χ4v) is 3.43. The lowest BCUT2D eigenvalue weighted by atomic mass is 9.90. The summed E-state index contributed by atoms with van der Waals surface area (Å²) in [4.78, 5) is 14.3. The zero-order valence-electron chi connectivity index (χ0n) is 12.0. The van der Waals surface area contributed by atoms with E-state index in [1.807, 2.05) is 44.2 Å². The summed E-state index contributed by atoms with van der Waals surface area (Å²) in [6, 6.07) is 9.55. The van der Waals surface area contributed by atoms with Crippen molar-refractivity contribution in [2.24, 2.45) is 5.92 Å². The smallest absolute Gasteiger partial charge is 0.228 e. The van der Waals surface area contributed by atoms with Crippen LogP contribution in [0.4, 0.5) is 0 Å². The number of nitrogens with zero attached hydrogens (tertiary/aromatic N) is 1. The molecule has 1 aromatic rings. The Kier molecular flexibility index (Phi) is 3.30. The van der Waals surface area contributed by atoms with Gasteiger partial charge in [-0.15, -0.1) is 0 Å². The lowest BCUT2D eigenvalue weighted by Gasteiger charge is -2.42. The van der Waals surface area contributed by atoms with Crippen molar-refractivity contribution < 1.29 is 14.6 Å². The number of ether oxygens (including phenoxy) is 1. The van der Waals surface area contributed by atoms with Crippen molar-refractivity contribution in [2.45, 2.75) is 44.6 Å². The second-order valence-electron chi connectivity index (χ2n) is 6.02. The van der Waals surface area contributed by atoms with E-state index in [-0.39, 0.29) is 30.6 Å². The summed E-state index contributed by atoms with van der Waals surface area (Å²) in [5.41, 5.74) is 0.431. The minimum Gasteiger partial charge on any atom is -0.394 e. The molecule has 0 saturated carbocycles. The number of fused-ring (bicyclic) bond motifs is 1. The molecule has 0 radical (unpaired) electrons. The first-order chi connectivity index (χ1) is 9.57. The molecule has 2 aliphatic rings. The predicted octanol–water partition coefficient (Wildman–Crippen LogP) is 2.09. The molecule has 4 nitrogen and oxygen atoms in total. The van der Waals surface area contributed by atoms with Crippen molar-refractivity contribution in [3.05, 3.63) is 35.9 Å². The van der Waals surface area contributed by atoms with Crippen molar-refractivity contribution >= 4 is 5.91 Å². The summed E-state index contributed by atoms with van der Waals surface area (Å²) in [5.74, 6) is 0.103. The Balaban J connectivity index is 1.98. The average Bonchev–Trinajstić information content (AvgIpc) is 2.78. The molecule has 2 heterocycles. The fraction of sp³-hybridized carbons (Fsp3) is 0.562. The molecule has 2 saturated heterocycles. The monoisotopic (exact) mass is 275 g/mol. The van der Waals surface area contributed by atoms with Crippen LogP contribution in [0.5, 0.6) is 0 Å². The molecule has 4 heteroatoms. The summed E-state index contributed by atoms with van der Waals surface area (Å²) in [5, 5.41) is 9.78. The quantitative estimate of drug-likeness (QED) is 0.899. The van der Waals surface area contributed by atoms with E-state index in [1.165, 1.54) is 0 Å². The normalized spacial score (nSPS) is 37.0. The first-order valence-corrected chi connectivity index (χ1v) is 7.23. The van der Waals surface area contributed by atoms with Gasteiger partial charge in [0, 0.05) is 5.92 Å². The van der Waals surface area contributed by atoms with E-state index in [1.54, 1.807) is 4.90 Å². The van der Waals surface area contributed by atoms with Crippen LogP contribution in [0.1, 0.15) is 38.4 Å². The number of hydrogen-bond donors (Lipinski definition) is 1. The van der Waals surface area contributed by atoms with Crippen LogP contribution in [0, 0.1) is 5.92 Å². The molecule has 1 amide bonds. The highest BCUT2D eigenvalue weighted by Gasteiger charge is 2.55. The maximum Gasteiger partial charge on any atom is 0.228 e. The van der Waals surface area contributed by atoms with E-state index in [0.29, 0.717) is 0 Å². The number of amides is 1. The van der Waals surface area contributed by atoms with Crippen LogP contribution in [0.3, 0.4) is 0 Å². The number of aliphatic hydroxyl groups excluding tert-OH is 1. The first-order valence-electron chi connectivity index (χ1n) is 7.23. The zero-order valence-corrected chi connectivity index (χ0v) is 12.0. The van der Waals surface area contributed by atoms with Crippen molar-refractivity contribution in [1.29, 1.82) is 0 Å². The van der Waals surface area contributed by atoms with Gasteiger partial charge in [-0.25, -0.2) is 0 Å². The highest BCUT2D eigenvalue weighted by atomic mass is 16.5. The molecule has 2 fully saturated rings. The largest absolute Gasteiger partial charge is 0.394 e. The molecule has 20 heavy (non-hydrogen) atoms. The van der Waals surface area contributed by atoms with E-state index < -0.39 is 5.72 Å². The Morgan fingerprint density at radius 2 is 2.10 bits per heavy atom. The highest BCUT2D eigenvalue weighted by molar-refractivity contribution is 5.80. The number of hydrogen-bond acceptors (Lipinski definition) is 3. The molecular formula is C16H21NO3. The third-order valence-corrected chi connectivity index (χ3v) is 4.59. The average molecular weight is 275 g/mol. The molecule has 2 aliphatic heterocycles. The molecule has 0 spiro atoms. The third kappa shape index (κ3) is 1.95. The van der Waals surface area contributed by atoms with E-state index in [9.17, 15) is 9.90 Å². The van der Waals surface area contributed by atoms with Crippen LogP contribution in [-0.2, 0) is 9.53 Å². The van der Waals surface area contributed by atoms with Crippen molar-refractivity contribution in [1.82, 2.24) is 4.90 Å². The van der Waals surface area contributed by atoms with Gasteiger partial charge in [-0.05, 0) is 25.3 Å². The Morgan fingerprint density at radius 3 is 2.75 bits per heavy atom. The summed E-state index contributed by atoms with van der Waals surface area (Å²) in [6.07, 6.45) is 1.41. The zero-order chi connectivity index (χ0) is 14.3. The molecule has 0 aromatic heterocycles. The van der Waals surface area contributed by atoms with Gasteiger partial charge in [0.25, 0.3) is 0 Å². The molecular weight excluding hydrogens is 254 g/mol. The van der Waals surface area contributed by atoms with Gasteiger partial charge in [0.1, 0.15) is 11.8 Å². The lowest BCUT2D eigenvalue weighted by Crippen LogP contribution is -2.55. The fourth-order valence-electron chi connectivity index (χ4n) is 3.43. The number of carbonyl (C=O) groups excluding carboxylic acids is 1. The predicted molar refractivity (Wildman–Crippen MR) is 74.8 cm³/mol. The van der Waals surface area contributed by atoms with Crippen LogP contribution in [0.25, 0.3) is 0 Å². The Hall–Kier alpha value is -1.39. The van der Waals surface area contributed by atoms with Gasteiger partial charge in [0.05, 0.1) is 12.6 Å². The van der Waals surface area contributed by atoms with E-state index in [0.717, 1.165) is 18.4 Å². The lowest BCUT2D eigenvalue weighted by molar-refractivity contribution is -0.165. The SMILES string of the molecule is C[C@@H]1CC[C@@]2(C)OC(c3ccccc3)[C@H](CO)N2C1=O. The van der Waals surface area contributed by atoms with Crippen molar-refractivity contribution in [3.8, 4) is 0 Å². The highest BCUT2D eigenvalue weighted by Crippen LogP contribution is 2.46. The topological polar surface area (TPSA) is 49.8 Å². The van der Waals surface area contributed by atoms with Gasteiger partial charge in [-0.3, -0.25) is 4.79 Å². The molecule has 1 unspecified atom stereocenters. The van der Waals surface area contributed by atoms with Crippen LogP contribution in [-0.4, -0.2) is 34.3 Å². The van der Waals surface area contributed by atoms with Gasteiger partial charge in [0.15, 0.2) is 0 Å². The Bertz CT molecular complexity index is 504. The number of piperidine rings is 1. The third-order valence-electron chi connectivity index (χ3n) is 4.59. The van der Waals surface area contributed by atoms with E-state index in [4.69, 9.17) is 4.74 Å². The molecule has 0 aliphatic carbocycles. The van der Waals surface area contributed by atoms with Gasteiger partial charge in [-0.2, -0.15) is 0 Å². The Morgan fingerprint density at radius 1 is 1.40 bits per heavy atom.